The molecule has 32 heavy (non-hydrogen) atoms. The molecule has 0 bridgehead atoms. The molecule has 164 valence electrons. The van der Waals surface area contributed by atoms with Gasteiger partial charge in [-0.1, -0.05) is 62.7 Å². The van der Waals surface area contributed by atoms with Crippen molar-refractivity contribution in [1.82, 2.24) is 4.90 Å². The van der Waals surface area contributed by atoms with Crippen LogP contribution in [0.1, 0.15) is 49.1 Å². The summed E-state index contributed by atoms with van der Waals surface area (Å²) >= 11 is 0. The van der Waals surface area contributed by atoms with Gasteiger partial charge < -0.3 is 4.90 Å². The van der Waals surface area contributed by atoms with Crippen LogP contribution in [0.15, 0.2) is 48.7 Å². The molecule has 5 nitrogen and oxygen atoms in total. The summed E-state index contributed by atoms with van der Waals surface area (Å²) in [7, 11) is 0. The van der Waals surface area contributed by atoms with Gasteiger partial charge in [-0.2, -0.15) is 0 Å². The van der Waals surface area contributed by atoms with Crippen LogP contribution >= 0.6 is 0 Å². The topological polar surface area (TPSA) is 57.7 Å². The molecular formula is C27H28N2O3. The van der Waals surface area contributed by atoms with E-state index in [2.05, 4.69) is 0 Å². The second-order valence-corrected chi connectivity index (χ2v) is 10.2. The molecule has 3 aliphatic heterocycles. The van der Waals surface area contributed by atoms with E-state index >= 15 is 0 Å². The maximum absolute atomic E-state index is 13.9. The average Bonchev–Trinajstić information content (AvgIpc) is 3.20. The third-order valence-corrected chi connectivity index (χ3v) is 7.06. The van der Waals surface area contributed by atoms with Gasteiger partial charge in [0.25, 0.3) is 0 Å². The van der Waals surface area contributed by atoms with Gasteiger partial charge >= 0.3 is 0 Å². The Labute approximate surface area is 188 Å². The number of carbonyl (C=O) groups excluding carboxylic acids is 3. The summed E-state index contributed by atoms with van der Waals surface area (Å²) in [5.74, 6) is -1.78. The number of ketones is 1. The number of benzene rings is 2. The van der Waals surface area contributed by atoms with Crippen LogP contribution in [-0.2, 0) is 14.4 Å². The molecule has 0 aliphatic carbocycles. The fourth-order valence-electron chi connectivity index (χ4n) is 5.59. The lowest BCUT2D eigenvalue weighted by molar-refractivity contribution is -0.135. The second kappa shape index (κ2) is 6.89. The lowest BCUT2D eigenvalue weighted by Gasteiger charge is -2.37. The van der Waals surface area contributed by atoms with Crippen molar-refractivity contribution in [3.63, 3.8) is 0 Å². The Morgan fingerprint density at radius 1 is 0.938 bits per heavy atom. The van der Waals surface area contributed by atoms with Crippen molar-refractivity contribution in [3.05, 3.63) is 70.9 Å². The molecule has 0 saturated carbocycles. The molecule has 0 radical (unpaired) electrons. The highest BCUT2D eigenvalue weighted by Gasteiger charge is 2.65. The van der Waals surface area contributed by atoms with Crippen LogP contribution < -0.4 is 4.90 Å². The first-order valence-electron chi connectivity index (χ1n) is 11.1. The van der Waals surface area contributed by atoms with Crippen molar-refractivity contribution in [2.24, 2.45) is 17.3 Å². The van der Waals surface area contributed by atoms with E-state index in [1.54, 1.807) is 0 Å². The number of hydrogen-bond donors (Lipinski definition) is 0. The predicted molar refractivity (Wildman–Crippen MR) is 124 cm³/mol. The summed E-state index contributed by atoms with van der Waals surface area (Å²) in [5.41, 5.74) is 3.97. The first-order valence-corrected chi connectivity index (χ1v) is 11.1. The lowest BCUT2D eigenvalue weighted by atomic mass is 9.79. The number of nitrogens with zero attached hydrogens (tertiary/aromatic N) is 2. The fraction of sp³-hybridized carbons (Fsp3) is 0.370. The number of amides is 2. The molecule has 5 rings (SSSR count). The summed E-state index contributed by atoms with van der Waals surface area (Å²) < 4.78 is 0. The van der Waals surface area contributed by atoms with E-state index in [9.17, 15) is 14.4 Å². The Bertz CT molecular complexity index is 1190. The first-order chi connectivity index (χ1) is 15.1. The summed E-state index contributed by atoms with van der Waals surface area (Å²) in [5, 5.41) is 0. The molecular weight excluding hydrogens is 400 g/mol. The van der Waals surface area contributed by atoms with Gasteiger partial charge in [-0.25, -0.2) is 4.90 Å². The molecule has 0 unspecified atom stereocenters. The zero-order valence-electron chi connectivity index (χ0n) is 19.1. The van der Waals surface area contributed by atoms with Crippen LogP contribution in [0.25, 0.3) is 6.08 Å². The van der Waals surface area contributed by atoms with Crippen LogP contribution in [0.4, 0.5) is 5.69 Å². The largest absolute Gasteiger partial charge is 0.359 e. The molecule has 2 aromatic carbocycles. The number of fused-ring (bicyclic) bond motifs is 5. The van der Waals surface area contributed by atoms with Gasteiger partial charge in [-0.3, -0.25) is 14.4 Å². The van der Waals surface area contributed by atoms with E-state index in [4.69, 9.17) is 0 Å². The molecule has 0 N–H and O–H groups in total. The minimum absolute atomic E-state index is 0.0114. The Morgan fingerprint density at radius 2 is 1.62 bits per heavy atom. The van der Waals surface area contributed by atoms with Gasteiger partial charge in [0.2, 0.25) is 11.8 Å². The first kappa shape index (κ1) is 20.7. The quantitative estimate of drug-likeness (QED) is 0.664. The average molecular weight is 429 g/mol. The van der Waals surface area contributed by atoms with Gasteiger partial charge in [-0.15, -0.1) is 0 Å². The molecule has 3 aliphatic rings. The van der Waals surface area contributed by atoms with Crippen molar-refractivity contribution in [3.8, 4) is 0 Å². The van der Waals surface area contributed by atoms with E-state index in [-0.39, 0.29) is 23.6 Å². The van der Waals surface area contributed by atoms with Crippen molar-refractivity contribution in [2.75, 3.05) is 4.90 Å². The van der Waals surface area contributed by atoms with Gasteiger partial charge in [0.15, 0.2) is 5.78 Å². The number of hydrogen-bond acceptors (Lipinski definition) is 4. The molecule has 5 heteroatoms. The van der Waals surface area contributed by atoms with E-state index < -0.39 is 23.3 Å². The third kappa shape index (κ3) is 2.80. The zero-order chi connectivity index (χ0) is 22.9. The molecule has 2 fully saturated rings. The maximum atomic E-state index is 13.9. The summed E-state index contributed by atoms with van der Waals surface area (Å²) in [6.45, 7) is 9.54. The number of imide groups is 1. The highest BCUT2D eigenvalue weighted by atomic mass is 16.2. The van der Waals surface area contributed by atoms with Crippen molar-refractivity contribution in [1.29, 1.82) is 0 Å². The molecule has 4 atom stereocenters. The minimum Gasteiger partial charge on any atom is -0.359 e. The van der Waals surface area contributed by atoms with Crippen LogP contribution in [0, 0.1) is 31.1 Å². The Hall–Kier alpha value is -3.21. The summed E-state index contributed by atoms with van der Waals surface area (Å²) in [6, 6.07) is 12.7. The van der Waals surface area contributed by atoms with Gasteiger partial charge in [0, 0.05) is 11.6 Å². The third-order valence-electron chi connectivity index (χ3n) is 7.06. The van der Waals surface area contributed by atoms with Gasteiger partial charge in [0.05, 0.1) is 23.6 Å². The summed E-state index contributed by atoms with van der Waals surface area (Å²) in [6.07, 6.45) is 3.88. The number of aryl methyl sites for hydroxylation is 2. The van der Waals surface area contributed by atoms with Gasteiger partial charge in [-0.05, 0) is 42.7 Å². The number of anilines is 1. The normalized spacial score (nSPS) is 26.3. The highest BCUT2D eigenvalue weighted by Crippen LogP contribution is 2.54. The molecule has 3 heterocycles. The number of carbonyl (C=O) groups is 3. The van der Waals surface area contributed by atoms with E-state index in [0.29, 0.717) is 5.69 Å². The Balaban J connectivity index is 1.68. The van der Waals surface area contributed by atoms with E-state index in [0.717, 1.165) is 22.3 Å². The van der Waals surface area contributed by atoms with Crippen LogP contribution in [0.2, 0.25) is 0 Å². The molecule has 2 amide bonds. The Kier molecular flexibility index (Phi) is 4.45. The van der Waals surface area contributed by atoms with Crippen LogP contribution in [0.5, 0.6) is 0 Å². The smallest absolute Gasteiger partial charge is 0.240 e. The molecule has 2 aromatic rings. The van der Waals surface area contributed by atoms with Crippen molar-refractivity contribution < 1.29 is 14.4 Å². The summed E-state index contributed by atoms with van der Waals surface area (Å²) in [4.78, 5) is 44.6. The number of Topliss-reactive ketones (excluding diaryl/α,β-unsaturated/α-hetero) is 1. The lowest BCUT2D eigenvalue weighted by Crippen LogP contribution is -2.47. The minimum atomic E-state index is -0.698. The fourth-order valence-corrected chi connectivity index (χ4v) is 5.59. The van der Waals surface area contributed by atoms with E-state index in [1.165, 1.54) is 4.90 Å². The van der Waals surface area contributed by atoms with Crippen LogP contribution in [-0.4, -0.2) is 28.5 Å². The highest BCUT2D eigenvalue weighted by molar-refractivity contribution is 6.24. The molecule has 0 spiro atoms. The maximum Gasteiger partial charge on any atom is 0.240 e. The van der Waals surface area contributed by atoms with E-state index in [1.807, 2.05) is 94.3 Å². The monoisotopic (exact) mass is 428 g/mol. The predicted octanol–water partition coefficient (Wildman–Crippen LogP) is 4.43. The van der Waals surface area contributed by atoms with Crippen LogP contribution in [0.3, 0.4) is 0 Å². The SMILES string of the molecule is Cc1ccc(N2C(=O)[C@@H]3[C@H](C2=O)[C@@H]2c4ccccc4C=CN2[C@@H]3C(=O)C(C)(C)C)c(C)c1. The van der Waals surface area contributed by atoms with Crippen molar-refractivity contribution in [2.45, 2.75) is 46.7 Å². The standard InChI is InChI=1S/C27H28N2O3/c1-15-10-11-19(16(2)14-15)29-25(31)20-21(26(29)32)23(24(30)27(3,4)5)28-13-12-17-8-6-7-9-18(17)22(20)28/h6-14,20-23H,1-5H3/t20-,21+,22-,23-/m0/s1. The number of rotatable bonds is 2. The van der Waals surface area contributed by atoms with Gasteiger partial charge in [0.1, 0.15) is 6.04 Å². The second-order valence-electron chi connectivity index (χ2n) is 10.2. The Morgan fingerprint density at radius 3 is 2.31 bits per heavy atom. The molecule has 0 aromatic heterocycles. The molecule has 2 saturated heterocycles. The van der Waals surface area contributed by atoms with Crippen molar-refractivity contribution >= 4 is 29.4 Å². The zero-order valence-corrected chi connectivity index (χ0v) is 19.1.